The molecule has 3 nitrogen and oxygen atoms in total. The van der Waals surface area contributed by atoms with E-state index in [1.165, 1.54) is 0 Å². The zero-order valence-corrected chi connectivity index (χ0v) is 10.4. The molecule has 1 aromatic rings. The van der Waals surface area contributed by atoms with Gasteiger partial charge in [0, 0.05) is 0 Å². The van der Waals surface area contributed by atoms with E-state index >= 15 is 0 Å². The fourth-order valence-corrected chi connectivity index (χ4v) is 1.22. The number of ether oxygens (including phenoxy) is 2. The molecule has 0 bridgehead atoms. The van der Waals surface area contributed by atoms with E-state index in [-0.39, 0.29) is 18.6 Å². The summed E-state index contributed by atoms with van der Waals surface area (Å²) in [4.78, 5) is 11.0. The number of hydrogen-bond donors (Lipinski definition) is 0. The van der Waals surface area contributed by atoms with Crippen LogP contribution in [-0.2, 0) is 9.53 Å². The SMILES string of the molecule is CCOC(=O)CC#Cc1cc(OC(F)(F)F)ccc1F. The average molecular weight is 290 g/mol. The van der Waals surface area contributed by atoms with Crippen LogP contribution in [0.5, 0.6) is 5.75 Å². The van der Waals surface area contributed by atoms with Gasteiger partial charge in [-0.1, -0.05) is 11.8 Å². The topological polar surface area (TPSA) is 35.5 Å². The molecule has 0 aromatic heterocycles. The van der Waals surface area contributed by atoms with Crippen LogP contribution in [0.2, 0.25) is 0 Å². The zero-order chi connectivity index (χ0) is 15.2. The lowest BCUT2D eigenvalue weighted by Gasteiger charge is -2.08. The van der Waals surface area contributed by atoms with Crippen LogP contribution >= 0.6 is 0 Å². The predicted molar refractivity (Wildman–Crippen MR) is 61.2 cm³/mol. The van der Waals surface area contributed by atoms with Gasteiger partial charge in [0.25, 0.3) is 0 Å². The Morgan fingerprint density at radius 1 is 1.35 bits per heavy atom. The molecule has 0 aliphatic heterocycles. The summed E-state index contributed by atoms with van der Waals surface area (Å²) in [6.45, 7) is 1.80. The van der Waals surface area contributed by atoms with Crippen molar-refractivity contribution in [2.75, 3.05) is 6.61 Å². The highest BCUT2D eigenvalue weighted by Crippen LogP contribution is 2.24. The fourth-order valence-electron chi connectivity index (χ4n) is 1.22. The van der Waals surface area contributed by atoms with Crippen molar-refractivity contribution in [3.63, 3.8) is 0 Å². The standard InChI is InChI=1S/C13H10F4O3/c1-2-19-12(18)5-3-4-9-8-10(6-7-11(9)14)20-13(15,16)17/h6-8H,2,5H2,1H3. The molecule has 108 valence electrons. The Balaban J connectivity index is 2.82. The van der Waals surface area contributed by atoms with Crippen LogP contribution in [0, 0.1) is 17.7 Å². The molecule has 0 radical (unpaired) electrons. The molecule has 0 heterocycles. The van der Waals surface area contributed by atoms with Gasteiger partial charge in [-0.2, -0.15) is 0 Å². The average Bonchev–Trinajstić information content (AvgIpc) is 2.31. The maximum absolute atomic E-state index is 13.3. The first-order chi connectivity index (χ1) is 9.31. The third-order valence-electron chi connectivity index (χ3n) is 1.93. The molecule has 0 aliphatic carbocycles. The summed E-state index contributed by atoms with van der Waals surface area (Å²) in [5.74, 6) is 2.58. The van der Waals surface area contributed by atoms with Crippen molar-refractivity contribution in [3.8, 4) is 17.6 Å². The van der Waals surface area contributed by atoms with Gasteiger partial charge in [-0.3, -0.25) is 4.79 Å². The lowest BCUT2D eigenvalue weighted by atomic mass is 10.2. The minimum Gasteiger partial charge on any atom is -0.465 e. The summed E-state index contributed by atoms with van der Waals surface area (Å²) in [6.07, 6.45) is -5.15. The summed E-state index contributed by atoms with van der Waals surface area (Å²) < 4.78 is 57.6. The van der Waals surface area contributed by atoms with Gasteiger partial charge in [0.2, 0.25) is 0 Å². The van der Waals surface area contributed by atoms with Crippen LogP contribution in [0.3, 0.4) is 0 Å². The molecule has 0 spiro atoms. The molecule has 0 N–H and O–H groups in total. The van der Waals surface area contributed by atoms with Crippen molar-refractivity contribution in [1.29, 1.82) is 0 Å². The molecule has 0 aliphatic rings. The minimum atomic E-state index is -4.87. The largest absolute Gasteiger partial charge is 0.573 e. The summed E-state index contributed by atoms with van der Waals surface area (Å²) in [5.41, 5.74) is -0.295. The fraction of sp³-hybridized carbons (Fsp3) is 0.308. The van der Waals surface area contributed by atoms with Gasteiger partial charge < -0.3 is 9.47 Å². The second kappa shape index (κ2) is 6.80. The predicted octanol–water partition coefficient (Wildman–Crippen LogP) is 3.03. The first-order valence-corrected chi connectivity index (χ1v) is 5.51. The van der Waals surface area contributed by atoms with E-state index in [4.69, 9.17) is 0 Å². The Morgan fingerprint density at radius 3 is 2.65 bits per heavy atom. The van der Waals surface area contributed by atoms with Crippen LogP contribution in [0.15, 0.2) is 18.2 Å². The number of alkyl halides is 3. The smallest absolute Gasteiger partial charge is 0.465 e. The normalized spacial score (nSPS) is 10.4. The van der Waals surface area contributed by atoms with Crippen LogP contribution in [0.1, 0.15) is 18.9 Å². The molecule has 0 saturated heterocycles. The molecule has 7 heteroatoms. The van der Waals surface area contributed by atoms with Gasteiger partial charge in [-0.05, 0) is 25.1 Å². The van der Waals surface area contributed by atoms with Crippen molar-refractivity contribution in [3.05, 3.63) is 29.6 Å². The summed E-state index contributed by atoms with van der Waals surface area (Å²) in [6, 6.07) is 2.44. The van der Waals surface area contributed by atoms with Gasteiger partial charge in [0.15, 0.2) is 0 Å². The number of carbonyl (C=O) groups excluding carboxylic acids is 1. The first kappa shape index (κ1) is 15.8. The Morgan fingerprint density at radius 2 is 2.05 bits per heavy atom. The summed E-state index contributed by atoms with van der Waals surface area (Å²) in [5, 5.41) is 0. The van der Waals surface area contributed by atoms with E-state index in [0.717, 1.165) is 18.2 Å². The highest BCUT2D eigenvalue weighted by molar-refractivity contribution is 5.72. The van der Waals surface area contributed by atoms with Crippen molar-refractivity contribution < 1.29 is 31.8 Å². The number of benzene rings is 1. The second-order valence-corrected chi connectivity index (χ2v) is 3.47. The second-order valence-electron chi connectivity index (χ2n) is 3.47. The molecule has 0 unspecified atom stereocenters. The van der Waals surface area contributed by atoms with Crippen LogP contribution in [0.4, 0.5) is 17.6 Å². The lowest BCUT2D eigenvalue weighted by molar-refractivity contribution is -0.274. The Bertz CT molecular complexity index is 541. The van der Waals surface area contributed by atoms with E-state index in [9.17, 15) is 22.4 Å². The van der Waals surface area contributed by atoms with Gasteiger partial charge in [-0.25, -0.2) is 4.39 Å². The lowest BCUT2D eigenvalue weighted by Crippen LogP contribution is -2.17. The zero-order valence-electron chi connectivity index (χ0n) is 10.4. The quantitative estimate of drug-likeness (QED) is 0.487. The maximum Gasteiger partial charge on any atom is 0.573 e. The minimum absolute atomic E-state index is 0.184. The first-order valence-electron chi connectivity index (χ1n) is 5.51. The monoisotopic (exact) mass is 290 g/mol. The van der Waals surface area contributed by atoms with Crippen molar-refractivity contribution in [2.45, 2.75) is 19.7 Å². The van der Waals surface area contributed by atoms with Gasteiger partial charge in [0.05, 0.1) is 12.2 Å². The van der Waals surface area contributed by atoms with E-state index in [1.54, 1.807) is 6.92 Å². The molecule has 0 fully saturated rings. The van der Waals surface area contributed by atoms with Gasteiger partial charge in [-0.15, -0.1) is 13.2 Å². The summed E-state index contributed by atoms with van der Waals surface area (Å²) >= 11 is 0. The number of hydrogen-bond acceptors (Lipinski definition) is 3. The molecular formula is C13H10F4O3. The number of halogens is 4. The van der Waals surface area contributed by atoms with Crippen molar-refractivity contribution in [2.24, 2.45) is 0 Å². The third kappa shape index (κ3) is 5.61. The van der Waals surface area contributed by atoms with E-state index in [1.807, 2.05) is 0 Å². The molecular weight excluding hydrogens is 280 g/mol. The Kier molecular flexibility index (Phi) is 5.38. The van der Waals surface area contributed by atoms with Crippen LogP contribution in [0.25, 0.3) is 0 Å². The Labute approximate surface area is 112 Å². The number of carbonyl (C=O) groups is 1. The summed E-state index contributed by atoms with van der Waals surface area (Å²) in [7, 11) is 0. The molecule has 0 amide bonds. The van der Waals surface area contributed by atoms with Crippen molar-refractivity contribution in [1.82, 2.24) is 0 Å². The van der Waals surface area contributed by atoms with Crippen LogP contribution in [-0.4, -0.2) is 18.9 Å². The van der Waals surface area contributed by atoms with Gasteiger partial charge in [0.1, 0.15) is 18.0 Å². The molecule has 1 rings (SSSR count). The molecule has 0 atom stereocenters. The van der Waals surface area contributed by atoms with E-state index in [2.05, 4.69) is 21.3 Å². The Hall–Kier alpha value is -2.23. The van der Waals surface area contributed by atoms with Gasteiger partial charge >= 0.3 is 12.3 Å². The van der Waals surface area contributed by atoms with Crippen molar-refractivity contribution >= 4 is 5.97 Å². The van der Waals surface area contributed by atoms with E-state index in [0.29, 0.717) is 0 Å². The highest BCUT2D eigenvalue weighted by atomic mass is 19.4. The van der Waals surface area contributed by atoms with Crippen LogP contribution < -0.4 is 4.74 Å². The third-order valence-corrected chi connectivity index (χ3v) is 1.93. The molecule has 0 saturated carbocycles. The maximum atomic E-state index is 13.3. The van der Waals surface area contributed by atoms with E-state index < -0.39 is 23.9 Å². The highest BCUT2D eigenvalue weighted by Gasteiger charge is 2.31. The molecule has 20 heavy (non-hydrogen) atoms. The number of esters is 1. The number of rotatable bonds is 3. The molecule has 1 aromatic carbocycles.